The van der Waals surface area contributed by atoms with Crippen LogP contribution in [0.25, 0.3) is 0 Å². The smallest absolute Gasteiger partial charge is 0.302 e. The number of methoxy groups -OCH3 is 4. The second-order valence-corrected chi connectivity index (χ2v) is 8.53. The third-order valence-electron chi connectivity index (χ3n) is 5.80. The van der Waals surface area contributed by atoms with Crippen molar-refractivity contribution in [1.29, 1.82) is 0 Å². The molecule has 40 heavy (non-hydrogen) atoms. The van der Waals surface area contributed by atoms with Crippen molar-refractivity contribution >= 4 is 11.9 Å². The van der Waals surface area contributed by atoms with Crippen LogP contribution in [0.2, 0.25) is 0 Å². The van der Waals surface area contributed by atoms with E-state index in [9.17, 15) is 9.59 Å². The lowest BCUT2D eigenvalue weighted by atomic mass is 10.0. The third-order valence-corrected chi connectivity index (χ3v) is 5.80. The zero-order valence-corrected chi connectivity index (χ0v) is 23.4. The third kappa shape index (κ3) is 7.95. The molecule has 0 aliphatic carbocycles. The van der Waals surface area contributed by atoms with E-state index in [0.717, 1.165) is 0 Å². The van der Waals surface area contributed by atoms with Gasteiger partial charge in [0.15, 0.2) is 46.7 Å². The van der Waals surface area contributed by atoms with Gasteiger partial charge < -0.3 is 37.9 Å². The van der Waals surface area contributed by atoms with Crippen molar-refractivity contribution in [1.82, 2.24) is 0 Å². The number of ether oxygens (including phenoxy) is 8. The number of esters is 2. The first-order valence-corrected chi connectivity index (χ1v) is 12.4. The number of carbonyl (C=O) groups excluding carboxylic acids is 2. The summed E-state index contributed by atoms with van der Waals surface area (Å²) in [5.74, 6) is 1.83. The average Bonchev–Trinajstić information content (AvgIpc) is 2.97. The van der Waals surface area contributed by atoms with Crippen LogP contribution in [0.5, 0.6) is 34.5 Å². The van der Waals surface area contributed by atoms with Crippen molar-refractivity contribution < 1.29 is 47.5 Å². The number of carbonyl (C=O) groups is 2. The van der Waals surface area contributed by atoms with Crippen molar-refractivity contribution in [3.8, 4) is 34.5 Å². The molecule has 10 nitrogen and oxygen atoms in total. The van der Waals surface area contributed by atoms with Crippen LogP contribution in [-0.2, 0) is 25.7 Å². The van der Waals surface area contributed by atoms with Crippen molar-refractivity contribution in [2.24, 2.45) is 0 Å². The fourth-order valence-electron chi connectivity index (χ4n) is 3.87. The van der Waals surface area contributed by atoms with E-state index in [1.165, 1.54) is 35.2 Å². The first-order chi connectivity index (χ1) is 19.3. The zero-order valence-electron chi connectivity index (χ0n) is 23.4. The molecule has 214 valence electrons. The van der Waals surface area contributed by atoms with Gasteiger partial charge in [-0.15, -0.1) is 0 Å². The first-order valence-electron chi connectivity index (χ1n) is 12.4. The van der Waals surface area contributed by atoms with Crippen LogP contribution in [0.3, 0.4) is 0 Å². The fourth-order valence-corrected chi connectivity index (χ4v) is 3.87. The van der Waals surface area contributed by atoms with Gasteiger partial charge in [-0.1, -0.05) is 24.3 Å². The molecule has 0 aliphatic heterocycles. The Hall–Kier alpha value is -4.60. The molecule has 0 radical (unpaired) electrons. The van der Waals surface area contributed by atoms with Crippen LogP contribution in [0.1, 0.15) is 31.1 Å². The predicted octanol–water partition coefficient (Wildman–Crippen LogP) is 4.91. The second-order valence-electron chi connectivity index (χ2n) is 8.53. The quantitative estimate of drug-likeness (QED) is 0.255. The summed E-state index contributed by atoms with van der Waals surface area (Å²) >= 11 is 0. The molecule has 0 heterocycles. The molecular formula is C30H34O10. The molecule has 0 saturated heterocycles. The van der Waals surface area contributed by atoms with Gasteiger partial charge in [0, 0.05) is 19.4 Å². The minimum absolute atomic E-state index is 0.0804. The van der Waals surface area contributed by atoms with E-state index >= 15 is 0 Å². The Kier molecular flexibility index (Phi) is 10.9. The van der Waals surface area contributed by atoms with Gasteiger partial charge in [-0.05, 0) is 42.0 Å². The van der Waals surface area contributed by atoms with Crippen LogP contribution < -0.4 is 28.4 Å². The summed E-state index contributed by atoms with van der Waals surface area (Å²) in [7, 11) is 6.12. The van der Waals surface area contributed by atoms with Gasteiger partial charge in [-0.2, -0.15) is 0 Å². The van der Waals surface area contributed by atoms with Crippen LogP contribution in [0.15, 0.2) is 60.7 Å². The summed E-state index contributed by atoms with van der Waals surface area (Å²) in [5.41, 5.74) is 1.36. The van der Waals surface area contributed by atoms with Crippen LogP contribution in [-0.4, -0.2) is 53.1 Å². The largest absolute Gasteiger partial charge is 0.493 e. The SMILES string of the molecule is COc1ccc([C@H](Oc2ccc(COC(C)=O)cc2OC)[C@@H](COC(C)=O)Oc2ccccc2OC)cc1OC. The van der Waals surface area contributed by atoms with Crippen LogP contribution in [0, 0.1) is 0 Å². The molecule has 3 aromatic rings. The molecule has 0 aromatic heterocycles. The first kappa shape index (κ1) is 29.9. The van der Waals surface area contributed by atoms with E-state index in [4.69, 9.17) is 37.9 Å². The molecule has 3 aromatic carbocycles. The molecular weight excluding hydrogens is 520 g/mol. The Morgan fingerprint density at radius 2 is 1.18 bits per heavy atom. The van der Waals surface area contributed by atoms with Crippen molar-refractivity contribution in [3.05, 3.63) is 71.8 Å². The molecule has 0 N–H and O–H groups in total. The van der Waals surface area contributed by atoms with Gasteiger partial charge >= 0.3 is 11.9 Å². The molecule has 10 heteroatoms. The van der Waals surface area contributed by atoms with Gasteiger partial charge in [0.1, 0.15) is 13.2 Å². The van der Waals surface area contributed by atoms with E-state index in [1.54, 1.807) is 61.7 Å². The molecule has 0 fully saturated rings. The topological polar surface area (TPSA) is 108 Å². The lowest BCUT2D eigenvalue weighted by molar-refractivity contribution is -0.145. The van der Waals surface area contributed by atoms with Gasteiger partial charge in [-0.25, -0.2) is 0 Å². The highest BCUT2D eigenvalue weighted by molar-refractivity contribution is 5.66. The molecule has 2 atom stereocenters. The average molecular weight is 555 g/mol. The molecule has 3 rings (SSSR count). The summed E-state index contributed by atoms with van der Waals surface area (Å²) in [4.78, 5) is 23.1. The highest BCUT2D eigenvalue weighted by Gasteiger charge is 2.31. The molecule has 0 bridgehead atoms. The minimum Gasteiger partial charge on any atom is -0.493 e. The maximum atomic E-state index is 11.8. The van der Waals surface area contributed by atoms with Crippen LogP contribution in [0.4, 0.5) is 0 Å². The van der Waals surface area contributed by atoms with Gasteiger partial charge in [0.05, 0.1) is 28.4 Å². The Bertz CT molecular complexity index is 1290. The molecule has 0 saturated carbocycles. The lowest BCUT2D eigenvalue weighted by Gasteiger charge is -2.30. The van der Waals surface area contributed by atoms with Gasteiger partial charge in [0.2, 0.25) is 0 Å². The summed E-state index contributed by atoms with van der Waals surface area (Å²) in [6, 6.07) is 17.6. The number of hydrogen-bond acceptors (Lipinski definition) is 10. The second kappa shape index (κ2) is 14.5. The normalized spacial score (nSPS) is 11.9. The Balaban J connectivity index is 2.09. The van der Waals surface area contributed by atoms with E-state index in [0.29, 0.717) is 45.6 Å². The standard InChI is InChI=1S/C30H34O10/c1-19(31)37-17-21-11-13-26(27(15-21)35-5)40-30(22-12-14-24(34-4)28(16-22)36-6)29(18-38-20(2)32)39-25-10-8-7-9-23(25)33-3/h7-16,29-30H,17-18H2,1-6H3/t29-,30+/m1/s1. The van der Waals surface area contributed by atoms with Crippen molar-refractivity contribution in [2.45, 2.75) is 32.7 Å². The Morgan fingerprint density at radius 1 is 0.625 bits per heavy atom. The maximum Gasteiger partial charge on any atom is 0.302 e. The van der Waals surface area contributed by atoms with Crippen LogP contribution >= 0.6 is 0 Å². The molecule has 0 spiro atoms. The summed E-state index contributed by atoms with van der Waals surface area (Å²) in [5, 5.41) is 0. The molecule has 0 unspecified atom stereocenters. The van der Waals surface area contributed by atoms with Gasteiger partial charge in [-0.3, -0.25) is 9.59 Å². The Morgan fingerprint density at radius 3 is 1.80 bits per heavy atom. The number of hydrogen-bond donors (Lipinski definition) is 0. The summed E-state index contributed by atoms with van der Waals surface area (Å²) in [6.45, 7) is 2.60. The number of benzene rings is 3. The summed E-state index contributed by atoms with van der Waals surface area (Å²) < 4.78 is 45.4. The highest BCUT2D eigenvalue weighted by atomic mass is 16.6. The van der Waals surface area contributed by atoms with Crippen molar-refractivity contribution in [2.75, 3.05) is 35.0 Å². The van der Waals surface area contributed by atoms with E-state index in [1.807, 2.05) is 6.07 Å². The van der Waals surface area contributed by atoms with Gasteiger partial charge in [0.25, 0.3) is 0 Å². The zero-order chi connectivity index (χ0) is 29.1. The fraction of sp³-hybridized carbons (Fsp3) is 0.333. The van der Waals surface area contributed by atoms with E-state index in [-0.39, 0.29) is 13.2 Å². The monoisotopic (exact) mass is 554 g/mol. The van der Waals surface area contributed by atoms with E-state index in [2.05, 4.69) is 0 Å². The lowest BCUT2D eigenvalue weighted by Crippen LogP contribution is -2.34. The minimum atomic E-state index is -0.844. The molecule has 0 amide bonds. The molecule has 0 aliphatic rings. The highest BCUT2D eigenvalue weighted by Crippen LogP contribution is 2.39. The maximum absolute atomic E-state index is 11.8. The Labute approximate surface area is 233 Å². The van der Waals surface area contributed by atoms with Crippen molar-refractivity contribution in [3.63, 3.8) is 0 Å². The summed E-state index contributed by atoms with van der Waals surface area (Å²) in [6.07, 6.45) is -1.68. The van der Waals surface area contributed by atoms with E-state index < -0.39 is 24.1 Å². The predicted molar refractivity (Wildman–Crippen MR) is 145 cm³/mol. The number of para-hydroxylation sites is 2. The number of rotatable bonds is 14.